The van der Waals surface area contributed by atoms with Crippen molar-refractivity contribution in [3.63, 3.8) is 0 Å². The van der Waals surface area contributed by atoms with E-state index in [9.17, 15) is 4.39 Å². The van der Waals surface area contributed by atoms with Crippen LogP contribution in [0.1, 0.15) is 39.4 Å². The Balaban J connectivity index is 2.53. The molecule has 2 N–H and O–H groups in total. The molecule has 0 aromatic heterocycles. The second kappa shape index (κ2) is 5.14. The van der Waals surface area contributed by atoms with Crippen LogP contribution in [0, 0.1) is 33.5 Å². The van der Waals surface area contributed by atoms with E-state index in [-0.39, 0.29) is 11.9 Å². The van der Waals surface area contributed by atoms with Crippen molar-refractivity contribution in [1.82, 2.24) is 0 Å². The van der Waals surface area contributed by atoms with Crippen LogP contribution in [0.15, 0.2) is 30.3 Å². The molecule has 0 bridgehead atoms. The van der Waals surface area contributed by atoms with E-state index in [1.54, 1.807) is 6.07 Å². The molecule has 0 radical (unpaired) electrons. The van der Waals surface area contributed by atoms with Gasteiger partial charge in [0, 0.05) is 0 Å². The van der Waals surface area contributed by atoms with Crippen molar-refractivity contribution in [2.45, 2.75) is 33.7 Å². The first-order valence-corrected chi connectivity index (χ1v) is 6.49. The number of nitrogens with two attached hydrogens (primary N) is 1. The molecule has 1 nitrogen and oxygen atoms in total. The van der Waals surface area contributed by atoms with Crippen molar-refractivity contribution >= 4 is 0 Å². The monoisotopic (exact) mass is 257 g/mol. The lowest BCUT2D eigenvalue weighted by atomic mass is 9.89. The lowest BCUT2D eigenvalue weighted by molar-refractivity contribution is 0.624. The molecule has 0 saturated heterocycles. The Morgan fingerprint density at radius 2 is 1.47 bits per heavy atom. The summed E-state index contributed by atoms with van der Waals surface area (Å²) in [5, 5.41) is 0. The van der Waals surface area contributed by atoms with Gasteiger partial charge < -0.3 is 5.73 Å². The Bertz CT molecular complexity index is 594. The van der Waals surface area contributed by atoms with E-state index in [1.165, 1.54) is 28.8 Å². The van der Waals surface area contributed by atoms with Gasteiger partial charge in [-0.05, 0) is 67.6 Å². The van der Waals surface area contributed by atoms with Crippen LogP contribution >= 0.6 is 0 Å². The maximum Gasteiger partial charge on any atom is 0.123 e. The van der Waals surface area contributed by atoms with Gasteiger partial charge in [-0.1, -0.05) is 23.8 Å². The Morgan fingerprint density at radius 1 is 0.895 bits per heavy atom. The maximum absolute atomic E-state index is 13.2. The molecule has 19 heavy (non-hydrogen) atoms. The van der Waals surface area contributed by atoms with Crippen molar-refractivity contribution in [3.05, 3.63) is 69.5 Å². The summed E-state index contributed by atoms with van der Waals surface area (Å²) in [6.07, 6.45) is 0. The molecule has 0 heterocycles. The molecule has 1 unspecified atom stereocenters. The minimum Gasteiger partial charge on any atom is -0.320 e. The van der Waals surface area contributed by atoms with Crippen LogP contribution in [0.3, 0.4) is 0 Å². The molecular weight excluding hydrogens is 237 g/mol. The summed E-state index contributed by atoms with van der Waals surface area (Å²) in [7, 11) is 0. The van der Waals surface area contributed by atoms with E-state index in [2.05, 4.69) is 32.9 Å². The topological polar surface area (TPSA) is 26.0 Å². The van der Waals surface area contributed by atoms with Gasteiger partial charge in [0.25, 0.3) is 0 Å². The van der Waals surface area contributed by atoms with Crippen molar-refractivity contribution in [2.75, 3.05) is 0 Å². The standard InChI is InChI=1S/C17H20FN/c1-10-7-12(3)16(13(4)8-10)17(19)15-6-5-14(18)9-11(15)2/h5-9,17H,19H2,1-4H3. The molecule has 0 aliphatic carbocycles. The summed E-state index contributed by atoms with van der Waals surface area (Å²) < 4.78 is 13.2. The number of hydrogen-bond acceptors (Lipinski definition) is 1. The zero-order valence-electron chi connectivity index (χ0n) is 11.9. The fraction of sp³-hybridized carbons (Fsp3) is 0.294. The zero-order chi connectivity index (χ0) is 14.2. The molecule has 0 amide bonds. The van der Waals surface area contributed by atoms with Crippen molar-refractivity contribution < 1.29 is 4.39 Å². The highest BCUT2D eigenvalue weighted by atomic mass is 19.1. The zero-order valence-corrected chi connectivity index (χ0v) is 11.9. The Hall–Kier alpha value is -1.67. The predicted octanol–water partition coefficient (Wildman–Crippen LogP) is 4.11. The third kappa shape index (κ3) is 2.69. The smallest absolute Gasteiger partial charge is 0.123 e. The first-order valence-electron chi connectivity index (χ1n) is 6.49. The van der Waals surface area contributed by atoms with E-state index in [1.807, 2.05) is 6.92 Å². The first kappa shape index (κ1) is 13.8. The fourth-order valence-corrected chi connectivity index (χ4v) is 2.83. The van der Waals surface area contributed by atoms with Gasteiger partial charge in [-0.15, -0.1) is 0 Å². The van der Waals surface area contributed by atoms with Gasteiger partial charge >= 0.3 is 0 Å². The van der Waals surface area contributed by atoms with Crippen molar-refractivity contribution in [2.24, 2.45) is 5.73 Å². The van der Waals surface area contributed by atoms with Gasteiger partial charge in [-0.2, -0.15) is 0 Å². The van der Waals surface area contributed by atoms with Crippen LogP contribution in [0.2, 0.25) is 0 Å². The summed E-state index contributed by atoms with van der Waals surface area (Å²) >= 11 is 0. The number of halogens is 1. The highest BCUT2D eigenvalue weighted by Crippen LogP contribution is 2.29. The normalized spacial score (nSPS) is 12.5. The van der Waals surface area contributed by atoms with Gasteiger partial charge in [-0.3, -0.25) is 0 Å². The molecule has 2 aromatic carbocycles. The van der Waals surface area contributed by atoms with E-state index in [0.29, 0.717) is 0 Å². The second-order valence-electron chi connectivity index (χ2n) is 5.29. The molecule has 2 aromatic rings. The third-order valence-electron chi connectivity index (χ3n) is 3.62. The van der Waals surface area contributed by atoms with Gasteiger partial charge in [0.1, 0.15) is 5.82 Å². The maximum atomic E-state index is 13.2. The number of benzene rings is 2. The number of hydrogen-bond donors (Lipinski definition) is 1. The summed E-state index contributed by atoms with van der Waals surface area (Å²) in [5.74, 6) is -0.217. The van der Waals surface area contributed by atoms with E-state index < -0.39 is 0 Å². The average Bonchev–Trinajstić information content (AvgIpc) is 2.26. The lowest BCUT2D eigenvalue weighted by Crippen LogP contribution is -2.16. The summed E-state index contributed by atoms with van der Waals surface area (Å²) in [4.78, 5) is 0. The minimum absolute atomic E-state index is 0.207. The quantitative estimate of drug-likeness (QED) is 0.861. The van der Waals surface area contributed by atoms with Crippen molar-refractivity contribution in [1.29, 1.82) is 0 Å². The summed E-state index contributed by atoms with van der Waals surface area (Å²) in [6, 6.07) is 8.87. The van der Waals surface area contributed by atoms with Gasteiger partial charge in [-0.25, -0.2) is 4.39 Å². The molecule has 1 atom stereocenters. The van der Waals surface area contributed by atoms with Gasteiger partial charge in [0.15, 0.2) is 0 Å². The van der Waals surface area contributed by atoms with E-state index >= 15 is 0 Å². The molecule has 0 saturated carbocycles. The van der Waals surface area contributed by atoms with Crippen LogP contribution in [0.25, 0.3) is 0 Å². The van der Waals surface area contributed by atoms with E-state index in [0.717, 1.165) is 16.7 Å². The Labute approximate surface area is 114 Å². The molecule has 0 spiro atoms. The molecular formula is C17H20FN. The van der Waals surface area contributed by atoms with Crippen LogP contribution in [-0.4, -0.2) is 0 Å². The molecule has 0 aliphatic heterocycles. The molecule has 100 valence electrons. The third-order valence-corrected chi connectivity index (χ3v) is 3.62. The molecule has 2 heteroatoms. The molecule has 0 fully saturated rings. The van der Waals surface area contributed by atoms with E-state index in [4.69, 9.17) is 5.73 Å². The Kier molecular flexibility index (Phi) is 3.72. The van der Waals surface area contributed by atoms with Gasteiger partial charge in [0.05, 0.1) is 6.04 Å². The molecule has 0 aliphatic rings. The number of rotatable bonds is 2. The highest BCUT2D eigenvalue weighted by molar-refractivity contribution is 5.45. The summed E-state index contributed by atoms with van der Waals surface area (Å²) in [6.45, 7) is 8.14. The highest BCUT2D eigenvalue weighted by Gasteiger charge is 2.16. The SMILES string of the molecule is Cc1cc(C)c(C(N)c2ccc(F)cc2C)c(C)c1. The minimum atomic E-state index is -0.217. The Morgan fingerprint density at radius 3 is 2.00 bits per heavy atom. The van der Waals surface area contributed by atoms with Gasteiger partial charge in [0.2, 0.25) is 0 Å². The fourth-order valence-electron chi connectivity index (χ4n) is 2.83. The van der Waals surface area contributed by atoms with Crippen molar-refractivity contribution in [3.8, 4) is 0 Å². The van der Waals surface area contributed by atoms with Crippen LogP contribution < -0.4 is 5.73 Å². The first-order chi connectivity index (χ1) is 8.90. The largest absolute Gasteiger partial charge is 0.320 e. The van der Waals surface area contributed by atoms with Crippen LogP contribution in [-0.2, 0) is 0 Å². The molecule has 2 rings (SSSR count). The van der Waals surface area contributed by atoms with Crippen LogP contribution in [0.4, 0.5) is 4.39 Å². The predicted molar refractivity (Wildman–Crippen MR) is 77.8 cm³/mol. The average molecular weight is 257 g/mol. The summed E-state index contributed by atoms with van der Waals surface area (Å²) in [5.41, 5.74) is 13.0. The number of aryl methyl sites for hydroxylation is 4. The lowest BCUT2D eigenvalue weighted by Gasteiger charge is -2.20. The van der Waals surface area contributed by atoms with Crippen LogP contribution in [0.5, 0.6) is 0 Å². The second-order valence-corrected chi connectivity index (χ2v) is 5.29.